The number of hydrogen-bond acceptors (Lipinski definition) is 5. The Bertz CT molecular complexity index is 489. The predicted octanol–water partition coefficient (Wildman–Crippen LogP) is -0.146. The molecule has 7 heteroatoms. The van der Waals surface area contributed by atoms with E-state index in [0.717, 1.165) is 24.4 Å². The van der Waals surface area contributed by atoms with Crippen molar-refractivity contribution in [1.82, 2.24) is 20.2 Å². The Hall–Kier alpha value is -2.02. The molecule has 0 aliphatic carbocycles. The van der Waals surface area contributed by atoms with Crippen molar-refractivity contribution >= 4 is 17.8 Å². The summed E-state index contributed by atoms with van der Waals surface area (Å²) in [4.78, 5) is 33.7. The molecule has 1 aliphatic heterocycles. The predicted molar refractivity (Wildman–Crippen MR) is 74.2 cm³/mol. The average molecular weight is 277 g/mol. The quantitative estimate of drug-likeness (QED) is 0.697. The number of carbonyl (C=O) groups excluding carboxylic acids is 2. The van der Waals surface area contributed by atoms with Crippen LogP contribution in [-0.2, 0) is 9.59 Å². The zero-order valence-corrected chi connectivity index (χ0v) is 11.8. The monoisotopic (exact) mass is 277 g/mol. The molecule has 2 N–H and O–H groups in total. The fourth-order valence-electron chi connectivity index (χ4n) is 2.13. The van der Waals surface area contributed by atoms with E-state index in [4.69, 9.17) is 0 Å². The summed E-state index contributed by atoms with van der Waals surface area (Å²) < 4.78 is 0. The number of nitrogens with one attached hydrogen (secondary N) is 2. The second-order valence-corrected chi connectivity index (χ2v) is 4.82. The van der Waals surface area contributed by atoms with Crippen LogP contribution in [0.3, 0.4) is 0 Å². The number of nitrogens with zero attached hydrogens (tertiary/aromatic N) is 3. The first kappa shape index (κ1) is 14.4. The van der Waals surface area contributed by atoms with E-state index in [9.17, 15) is 9.59 Å². The highest BCUT2D eigenvalue weighted by Crippen LogP contribution is 2.04. The lowest BCUT2D eigenvalue weighted by atomic mass is 10.3. The van der Waals surface area contributed by atoms with Crippen molar-refractivity contribution < 1.29 is 9.59 Å². The minimum atomic E-state index is -0.683. The molecule has 0 saturated carbocycles. The third-order valence-electron chi connectivity index (χ3n) is 3.03. The van der Waals surface area contributed by atoms with Gasteiger partial charge in [-0.15, -0.1) is 0 Å². The topological polar surface area (TPSA) is 87.2 Å². The molecule has 20 heavy (non-hydrogen) atoms. The number of anilines is 1. The number of carbonyl (C=O) groups is 2. The van der Waals surface area contributed by atoms with Crippen molar-refractivity contribution in [2.45, 2.75) is 20.3 Å². The molecule has 0 aromatic carbocycles. The van der Waals surface area contributed by atoms with Crippen LogP contribution in [-0.4, -0.2) is 52.9 Å². The maximum atomic E-state index is 12.1. The van der Waals surface area contributed by atoms with Gasteiger partial charge in [-0.25, -0.2) is 9.97 Å². The summed E-state index contributed by atoms with van der Waals surface area (Å²) in [6, 6.07) is 1.80. The van der Waals surface area contributed by atoms with Crippen LogP contribution in [0.25, 0.3) is 0 Å². The molecule has 0 unspecified atom stereocenters. The van der Waals surface area contributed by atoms with Gasteiger partial charge in [-0.3, -0.25) is 14.9 Å². The van der Waals surface area contributed by atoms with Crippen molar-refractivity contribution in [3.8, 4) is 0 Å². The molecule has 7 nitrogen and oxygen atoms in total. The van der Waals surface area contributed by atoms with Crippen molar-refractivity contribution in [3.05, 3.63) is 17.5 Å². The van der Waals surface area contributed by atoms with Gasteiger partial charge >= 0.3 is 11.8 Å². The van der Waals surface area contributed by atoms with Crippen LogP contribution in [0.5, 0.6) is 0 Å². The van der Waals surface area contributed by atoms with Gasteiger partial charge in [-0.2, -0.15) is 0 Å². The second kappa shape index (κ2) is 6.42. The van der Waals surface area contributed by atoms with Gasteiger partial charge in [0, 0.05) is 31.0 Å². The summed E-state index contributed by atoms with van der Waals surface area (Å²) in [5.41, 5.74) is 1.50. The van der Waals surface area contributed by atoms with Gasteiger partial charge in [0.05, 0.1) is 0 Å². The summed E-state index contributed by atoms with van der Waals surface area (Å²) in [7, 11) is 0. The Balaban J connectivity index is 2.01. The van der Waals surface area contributed by atoms with Gasteiger partial charge in [0.25, 0.3) is 0 Å². The summed E-state index contributed by atoms with van der Waals surface area (Å²) in [5.74, 6) is -1.04. The molecular weight excluding hydrogens is 258 g/mol. The highest BCUT2D eigenvalue weighted by molar-refractivity contribution is 6.39. The van der Waals surface area contributed by atoms with Crippen molar-refractivity contribution in [3.63, 3.8) is 0 Å². The van der Waals surface area contributed by atoms with Crippen LogP contribution < -0.4 is 10.6 Å². The van der Waals surface area contributed by atoms with Gasteiger partial charge in [0.1, 0.15) is 0 Å². The summed E-state index contributed by atoms with van der Waals surface area (Å²) in [6.07, 6.45) is 0.846. The van der Waals surface area contributed by atoms with Gasteiger partial charge in [-0.05, 0) is 32.9 Å². The fourth-order valence-corrected chi connectivity index (χ4v) is 2.13. The molecule has 1 aliphatic rings. The summed E-state index contributed by atoms with van der Waals surface area (Å²) >= 11 is 0. The standard InChI is InChI=1S/C13H19N5O2/c1-9-8-10(2)16-13(15-9)17-11(19)12(20)18-6-3-4-14-5-7-18/h8,14H,3-7H2,1-2H3,(H,15,16,17,19). The number of aromatic nitrogens is 2. The fraction of sp³-hybridized carbons (Fsp3) is 0.538. The van der Waals surface area contributed by atoms with E-state index in [1.165, 1.54) is 0 Å². The minimum Gasteiger partial charge on any atom is -0.333 e. The smallest absolute Gasteiger partial charge is 0.316 e. The van der Waals surface area contributed by atoms with Crippen molar-refractivity contribution in [1.29, 1.82) is 0 Å². The normalized spacial score (nSPS) is 15.6. The number of aryl methyl sites for hydroxylation is 2. The molecule has 0 atom stereocenters. The van der Waals surface area contributed by atoms with Crippen molar-refractivity contribution in [2.24, 2.45) is 0 Å². The first-order valence-electron chi connectivity index (χ1n) is 6.69. The van der Waals surface area contributed by atoms with E-state index in [2.05, 4.69) is 20.6 Å². The van der Waals surface area contributed by atoms with Crippen LogP contribution in [0, 0.1) is 13.8 Å². The van der Waals surface area contributed by atoms with Crippen LogP contribution in [0.1, 0.15) is 17.8 Å². The molecule has 0 radical (unpaired) electrons. The number of amides is 2. The molecule has 0 bridgehead atoms. The largest absolute Gasteiger partial charge is 0.333 e. The van der Waals surface area contributed by atoms with Crippen LogP contribution >= 0.6 is 0 Å². The Morgan fingerprint density at radius 1 is 1.20 bits per heavy atom. The third-order valence-corrected chi connectivity index (χ3v) is 3.03. The SMILES string of the molecule is Cc1cc(C)nc(NC(=O)C(=O)N2CCCNCC2)n1. The first-order chi connectivity index (χ1) is 9.56. The van der Waals surface area contributed by atoms with E-state index in [-0.39, 0.29) is 5.95 Å². The maximum absolute atomic E-state index is 12.1. The molecule has 2 rings (SSSR count). The lowest BCUT2D eigenvalue weighted by Gasteiger charge is -2.18. The van der Waals surface area contributed by atoms with E-state index in [0.29, 0.717) is 19.6 Å². The molecule has 108 valence electrons. The number of rotatable bonds is 1. The van der Waals surface area contributed by atoms with Gasteiger partial charge in [-0.1, -0.05) is 0 Å². The Kier molecular flexibility index (Phi) is 4.62. The molecular formula is C13H19N5O2. The first-order valence-corrected chi connectivity index (χ1v) is 6.69. The molecule has 2 heterocycles. The molecule has 2 amide bonds. The molecule has 1 fully saturated rings. The Morgan fingerprint density at radius 3 is 2.60 bits per heavy atom. The van der Waals surface area contributed by atoms with Crippen LogP contribution in [0.15, 0.2) is 6.07 Å². The molecule has 1 aromatic rings. The molecule has 1 aromatic heterocycles. The minimum absolute atomic E-state index is 0.175. The molecule has 1 saturated heterocycles. The van der Waals surface area contributed by atoms with Crippen LogP contribution in [0.4, 0.5) is 5.95 Å². The second-order valence-electron chi connectivity index (χ2n) is 4.82. The average Bonchev–Trinajstić information content (AvgIpc) is 2.65. The van der Waals surface area contributed by atoms with E-state index in [1.807, 2.05) is 13.8 Å². The van der Waals surface area contributed by atoms with Gasteiger partial charge in [0.15, 0.2) is 0 Å². The van der Waals surface area contributed by atoms with Gasteiger partial charge < -0.3 is 10.2 Å². The van der Waals surface area contributed by atoms with Crippen molar-refractivity contribution in [2.75, 3.05) is 31.5 Å². The lowest BCUT2D eigenvalue weighted by molar-refractivity contribution is -0.143. The number of hydrogen-bond donors (Lipinski definition) is 2. The summed E-state index contributed by atoms with van der Waals surface area (Å²) in [6.45, 7) is 6.33. The maximum Gasteiger partial charge on any atom is 0.316 e. The Labute approximate surface area is 117 Å². The van der Waals surface area contributed by atoms with E-state index >= 15 is 0 Å². The van der Waals surface area contributed by atoms with E-state index < -0.39 is 11.8 Å². The third kappa shape index (κ3) is 3.74. The summed E-state index contributed by atoms with van der Waals surface area (Å²) in [5, 5.41) is 5.65. The highest BCUT2D eigenvalue weighted by atomic mass is 16.2. The molecule has 0 spiro atoms. The highest BCUT2D eigenvalue weighted by Gasteiger charge is 2.23. The zero-order valence-electron chi connectivity index (χ0n) is 11.8. The lowest BCUT2D eigenvalue weighted by Crippen LogP contribution is -2.41. The van der Waals surface area contributed by atoms with Crippen LogP contribution in [0.2, 0.25) is 0 Å². The zero-order chi connectivity index (χ0) is 14.5. The Morgan fingerprint density at radius 2 is 1.90 bits per heavy atom. The van der Waals surface area contributed by atoms with E-state index in [1.54, 1.807) is 11.0 Å². The van der Waals surface area contributed by atoms with Gasteiger partial charge in [0.2, 0.25) is 5.95 Å².